The van der Waals surface area contributed by atoms with E-state index in [4.69, 9.17) is 9.47 Å². The first-order chi connectivity index (χ1) is 12.3. The van der Waals surface area contributed by atoms with Crippen molar-refractivity contribution in [3.8, 4) is 11.5 Å². The van der Waals surface area contributed by atoms with Gasteiger partial charge in [0.2, 0.25) is 0 Å². The third-order valence-corrected chi connectivity index (χ3v) is 4.13. The van der Waals surface area contributed by atoms with Gasteiger partial charge in [-0.15, -0.1) is 24.0 Å². The fourth-order valence-corrected chi connectivity index (χ4v) is 2.78. The second-order valence-corrected chi connectivity index (χ2v) is 5.96. The molecule has 6 heteroatoms. The molecule has 0 saturated carbocycles. The molecule has 0 amide bonds. The Morgan fingerprint density at radius 3 is 2.62 bits per heavy atom. The lowest BCUT2D eigenvalue weighted by molar-refractivity contribution is 0.114. The molecule has 1 fully saturated rings. The molecular weight excluding hydrogens is 441 g/mol. The summed E-state index contributed by atoms with van der Waals surface area (Å²) in [5.41, 5.74) is 1.08. The fraction of sp³-hybridized carbons (Fsp3) is 0.350. The van der Waals surface area contributed by atoms with Crippen molar-refractivity contribution in [2.45, 2.75) is 25.5 Å². The van der Waals surface area contributed by atoms with Crippen LogP contribution in [0, 0.1) is 0 Å². The number of halogens is 1. The molecule has 26 heavy (non-hydrogen) atoms. The summed E-state index contributed by atoms with van der Waals surface area (Å²) in [6, 6.07) is 17.8. The van der Waals surface area contributed by atoms with Gasteiger partial charge in [-0.3, -0.25) is 4.99 Å². The summed E-state index contributed by atoms with van der Waals surface area (Å²) >= 11 is 0. The third kappa shape index (κ3) is 6.17. The van der Waals surface area contributed by atoms with E-state index < -0.39 is 0 Å². The highest BCUT2D eigenvalue weighted by molar-refractivity contribution is 14.0. The van der Waals surface area contributed by atoms with Crippen LogP contribution in [0.4, 0.5) is 0 Å². The highest BCUT2D eigenvalue weighted by Crippen LogP contribution is 2.24. The maximum atomic E-state index is 6.00. The van der Waals surface area contributed by atoms with E-state index in [9.17, 15) is 0 Å². The molecule has 3 rings (SSSR count). The summed E-state index contributed by atoms with van der Waals surface area (Å²) in [7, 11) is 1.78. The predicted octanol–water partition coefficient (Wildman–Crippen LogP) is 3.94. The van der Waals surface area contributed by atoms with Crippen molar-refractivity contribution in [2.75, 3.05) is 20.2 Å². The highest BCUT2D eigenvalue weighted by Gasteiger charge is 2.15. The van der Waals surface area contributed by atoms with Crippen LogP contribution in [0.2, 0.25) is 0 Å². The molecule has 1 atom stereocenters. The molecule has 5 nitrogen and oxygen atoms in total. The number of nitrogens with one attached hydrogen (secondary N) is 2. The number of para-hydroxylation sites is 2. The van der Waals surface area contributed by atoms with Crippen molar-refractivity contribution in [2.24, 2.45) is 4.99 Å². The van der Waals surface area contributed by atoms with Gasteiger partial charge in [-0.1, -0.05) is 36.4 Å². The average Bonchev–Trinajstić information content (AvgIpc) is 3.17. The van der Waals surface area contributed by atoms with Crippen molar-refractivity contribution >= 4 is 29.9 Å². The van der Waals surface area contributed by atoms with E-state index in [1.54, 1.807) is 7.05 Å². The summed E-state index contributed by atoms with van der Waals surface area (Å²) in [4.78, 5) is 4.28. The molecule has 140 valence electrons. The van der Waals surface area contributed by atoms with Crippen LogP contribution < -0.4 is 15.4 Å². The molecule has 0 aliphatic carbocycles. The van der Waals surface area contributed by atoms with Crippen molar-refractivity contribution in [3.63, 3.8) is 0 Å². The quantitative estimate of drug-likeness (QED) is 0.384. The maximum Gasteiger partial charge on any atom is 0.191 e. The van der Waals surface area contributed by atoms with Crippen molar-refractivity contribution < 1.29 is 9.47 Å². The van der Waals surface area contributed by atoms with Crippen molar-refractivity contribution in [3.05, 3.63) is 60.2 Å². The first-order valence-corrected chi connectivity index (χ1v) is 8.72. The van der Waals surface area contributed by atoms with E-state index in [1.165, 1.54) is 0 Å². The Morgan fingerprint density at radius 1 is 1.12 bits per heavy atom. The SMILES string of the molecule is CN=C(NCc1ccccc1Oc1ccccc1)NCC1CCCO1.I. The number of hydrogen-bond donors (Lipinski definition) is 2. The van der Waals surface area contributed by atoms with Crippen LogP contribution >= 0.6 is 24.0 Å². The van der Waals surface area contributed by atoms with Crippen LogP contribution in [0.5, 0.6) is 11.5 Å². The first kappa shape index (κ1) is 20.5. The van der Waals surface area contributed by atoms with E-state index in [-0.39, 0.29) is 30.1 Å². The van der Waals surface area contributed by atoms with Gasteiger partial charge < -0.3 is 20.1 Å². The molecule has 0 aromatic heterocycles. The summed E-state index contributed by atoms with van der Waals surface area (Å²) in [5, 5.41) is 6.66. The van der Waals surface area contributed by atoms with Crippen molar-refractivity contribution in [1.29, 1.82) is 0 Å². The van der Waals surface area contributed by atoms with Gasteiger partial charge in [0.15, 0.2) is 5.96 Å². The second-order valence-electron chi connectivity index (χ2n) is 5.96. The van der Waals surface area contributed by atoms with Crippen LogP contribution in [0.15, 0.2) is 59.6 Å². The largest absolute Gasteiger partial charge is 0.457 e. The lowest BCUT2D eigenvalue weighted by Crippen LogP contribution is -2.40. The van der Waals surface area contributed by atoms with E-state index in [0.29, 0.717) is 6.54 Å². The van der Waals surface area contributed by atoms with Gasteiger partial charge in [-0.2, -0.15) is 0 Å². The monoisotopic (exact) mass is 467 g/mol. The number of nitrogens with zero attached hydrogens (tertiary/aromatic N) is 1. The summed E-state index contributed by atoms with van der Waals surface area (Å²) in [5.74, 6) is 2.44. The van der Waals surface area contributed by atoms with E-state index in [0.717, 1.165) is 49.0 Å². The molecule has 1 saturated heterocycles. The lowest BCUT2D eigenvalue weighted by Gasteiger charge is -2.16. The highest BCUT2D eigenvalue weighted by atomic mass is 127. The number of guanidine groups is 1. The van der Waals surface area contributed by atoms with Crippen molar-refractivity contribution in [1.82, 2.24) is 10.6 Å². The molecule has 2 N–H and O–H groups in total. The molecule has 1 heterocycles. The van der Waals surface area contributed by atoms with Gasteiger partial charge in [0.05, 0.1) is 6.10 Å². The third-order valence-electron chi connectivity index (χ3n) is 4.13. The molecular formula is C20H26IN3O2. The molecule has 1 aliphatic rings. The molecule has 0 spiro atoms. The minimum atomic E-state index is 0. The summed E-state index contributed by atoms with van der Waals surface area (Å²) in [6.07, 6.45) is 2.53. The number of ether oxygens (including phenoxy) is 2. The Bertz CT molecular complexity index is 688. The maximum absolute atomic E-state index is 6.00. The smallest absolute Gasteiger partial charge is 0.191 e. The lowest BCUT2D eigenvalue weighted by atomic mass is 10.2. The van der Waals surface area contributed by atoms with Gasteiger partial charge in [-0.05, 0) is 31.0 Å². The zero-order chi connectivity index (χ0) is 17.3. The van der Waals surface area contributed by atoms with E-state index in [1.807, 2.05) is 48.5 Å². The average molecular weight is 467 g/mol. The van der Waals surface area contributed by atoms with E-state index >= 15 is 0 Å². The molecule has 0 bridgehead atoms. The zero-order valence-electron chi connectivity index (χ0n) is 15.0. The first-order valence-electron chi connectivity index (χ1n) is 8.72. The van der Waals surface area contributed by atoms with Crippen LogP contribution in [-0.4, -0.2) is 32.3 Å². The normalized spacial score (nSPS) is 16.7. The molecule has 1 aliphatic heterocycles. The van der Waals surface area contributed by atoms with Crippen LogP contribution in [0.1, 0.15) is 18.4 Å². The van der Waals surface area contributed by atoms with Crippen LogP contribution in [-0.2, 0) is 11.3 Å². The summed E-state index contributed by atoms with van der Waals surface area (Å²) < 4.78 is 11.6. The van der Waals surface area contributed by atoms with Gasteiger partial charge in [0.1, 0.15) is 11.5 Å². The van der Waals surface area contributed by atoms with Gasteiger partial charge >= 0.3 is 0 Å². The molecule has 2 aromatic carbocycles. The number of benzene rings is 2. The molecule has 2 aromatic rings. The van der Waals surface area contributed by atoms with Gasteiger partial charge in [-0.25, -0.2) is 0 Å². The zero-order valence-corrected chi connectivity index (χ0v) is 17.3. The number of hydrogen-bond acceptors (Lipinski definition) is 3. The molecule has 0 radical (unpaired) electrons. The van der Waals surface area contributed by atoms with E-state index in [2.05, 4.69) is 21.7 Å². The second kappa shape index (κ2) is 11.0. The van der Waals surface area contributed by atoms with Gasteiger partial charge in [0, 0.05) is 32.3 Å². The molecule has 1 unspecified atom stereocenters. The van der Waals surface area contributed by atoms with Crippen LogP contribution in [0.25, 0.3) is 0 Å². The Kier molecular flexibility index (Phi) is 8.70. The topological polar surface area (TPSA) is 54.9 Å². The Hall–Kier alpha value is -1.80. The summed E-state index contributed by atoms with van der Waals surface area (Å²) in [6.45, 7) is 2.28. The standard InChI is InChI=1S/C20H25N3O2.HI/c1-21-20(23-15-18-11-7-13-24-18)22-14-16-8-5-6-12-19(16)25-17-9-3-2-4-10-17;/h2-6,8-10,12,18H,7,11,13-15H2,1H3,(H2,21,22,23);1H. The predicted molar refractivity (Wildman–Crippen MR) is 116 cm³/mol. The van der Waals surface area contributed by atoms with Crippen LogP contribution in [0.3, 0.4) is 0 Å². The fourth-order valence-electron chi connectivity index (χ4n) is 2.78. The van der Waals surface area contributed by atoms with Gasteiger partial charge in [0.25, 0.3) is 0 Å². The Morgan fingerprint density at radius 2 is 1.88 bits per heavy atom. The minimum Gasteiger partial charge on any atom is -0.457 e. The number of aliphatic imine (C=N–C) groups is 1. The Balaban J connectivity index is 0.00000243. The Labute approximate surface area is 172 Å². The minimum absolute atomic E-state index is 0. The number of rotatable bonds is 6.